The van der Waals surface area contributed by atoms with E-state index in [4.69, 9.17) is 17.3 Å². The predicted molar refractivity (Wildman–Crippen MR) is 84.3 cm³/mol. The normalized spacial score (nSPS) is 11.5. The van der Waals surface area contributed by atoms with Gasteiger partial charge >= 0.3 is 0 Å². The van der Waals surface area contributed by atoms with E-state index in [1.807, 2.05) is 40.3 Å². The number of nitrogens with zero attached hydrogens (tertiary/aromatic N) is 4. The number of anilines is 1. The van der Waals surface area contributed by atoms with E-state index >= 15 is 0 Å². The van der Waals surface area contributed by atoms with E-state index in [2.05, 4.69) is 16.3 Å². The lowest BCUT2D eigenvalue weighted by Gasteiger charge is -2.03. The van der Waals surface area contributed by atoms with Crippen LogP contribution in [0.25, 0.3) is 28.2 Å². The number of aryl methyl sites for hydroxylation is 1. The van der Waals surface area contributed by atoms with Crippen molar-refractivity contribution in [2.24, 2.45) is 7.05 Å². The molecule has 0 aliphatic heterocycles. The van der Waals surface area contributed by atoms with Crippen LogP contribution >= 0.6 is 11.6 Å². The van der Waals surface area contributed by atoms with E-state index in [1.165, 1.54) is 0 Å². The Morgan fingerprint density at radius 3 is 2.62 bits per heavy atom. The Labute approximate surface area is 125 Å². The van der Waals surface area contributed by atoms with Gasteiger partial charge in [0, 0.05) is 18.3 Å². The zero-order chi connectivity index (χ0) is 14.6. The van der Waals surface area contributed by atoms with Crippen LogP contribution in [-0.2, 0) is 7.05 Å². The molecule has 5 nitrogen and oxygen atoms in total. The van der Waals surface area contributed by atoms with Gasteiger partial charge in [-0.1, -0.05) is 23.7 Å². The molecule has 21 heavy (non-hydrogen) atoms. The van der Waals surface area contributed by atoms with Crippen molar-refractivity contribution in [3.05, 3.63) is 47.5 Å². The third-order valence-electron chi connectivity index (χ3n) is 3.66. The molecule has 2 heterocycles. The number of nitrogens with two attached hydrogens (primary N) is 1. The first-order valence-corrected chi connectivity index (χ1v) is 6.88. The molecular formula is C15H12ClN5. The van der Waals surface area contributed by atoms with Crippen molar-refractivity contribution in [3.8, 4) is 11.4 Å². The minimum Gasteiger partial charge on any atom is -0.399 e. The molecule has 0 saturated heterocycles. The van der Waals surface area contributed by atoms with Gasteiger partial charge in [0.2, 0.25) is 5.78 Å². The lowest BCUT2D eigenvalue weighted by atomic mass is 10.2. The van der Waals surface area contributed by atoms with Gasteiger partial charge in [0.25, 0.3) is 0 Å². The zero-order valence-electron chi connectivity index (χ0n) is 11.3. The van der Waals surface area contributed by atoms with Gasteiger partial charge in [0.1, 0.15) is 0 Å². The lowest BCUT2D eigenvalue weighted by molar-refractivity contribution is 0.954. The molecule has 0 fully saturated rings. The maximum Gasteiger partial charge on any atom is 0.236 e. The number of rotatable bonds is 1. The summed E-state index contributed by atoms with van der Waals surface area (Å²) >= 11 is 6.30. The van der Waals surface area contributed by atoms with E-state index < -0.39 is 0 Å². The van der Waals surface area contributed by atoms with Gasteiger partial charge in [-0.15, -0.1) is 10.2 Å². The molecule has 0 amide bonds. The number of hydrogen-bond donors (Lipinski definition) is 1. The number of aromatic nitrogens is 4. The van der Waals surface area contributed by atoms with E-state index in [1.54, 1.807) is 12.1 Å². The number of benzene rings is 2. The summed E-state index contributed by atoms with van der Waals surface area (Å²) in [6.07, 6.45) is 0. The lowest BCUT2D eigenvalue weighted by Crippen LogP contribution is -1.91. The molecule has 0 bridgehead atoms. The number of nitrogen functional groups attached to an aromatic ring is 1. The highest BCUT2D eigenvalue weighted by Gasteiger charge is 2.17. The summed E-state index contributed by atoms with van der Waals surface area (Å²) in [7, 11) is 1.97. The first-order chi connectivity index (χ1) is 10.2. The summed E-state index contributed by atoms with van der Waals surface area (Å²) in [6.45, 7) is 0. The number of para-hydroxylation sites is 2. The smallest absolute Gasteiger partial charge is 0.236 e. The first-order valence-electron chi connectivity index (χ1n) is 6.51. The van der Waals surface area contributed by atoms with Crippen LogP contribution in [0.2, 0.25) is 5.02 Å². The maximum absolute atomic E-state index is 6.30. The summed E-state index contributed by atoms with van der Waals surface area (Å²) in [5.41, 5.74) is 9.42. The highest BCUT2D eigenvalue weighted by atomic mass is 35.5. The SMILES string of the molecule is Cn1c2ccccc2n2c(-c3cc(N)ccc3Cl)nnc12. The van der Waals surface area contributed by atoms with Crippen LogP contribution in [0.3, 0.4) is 0 Å². The second kappa shape index (κ2) is 4.23. The molecule has 0 spiro atoms. The predicted octanol–water partition coefficient (Wildman–Crippen LogP) is 3.12. The Balaban J connectivity index is 2.15. The fourth-order valence-corrected chi connectivity index (χ4v) is 2.85. The second-order valence-corrected chi connectivity index (χ2v) is 5.35. The third kappa shape index (κ3) is 1.64. The first kappa shape index (κ1) is 12.2. The van der Waals surface area contributed by atoms with Crippen molar-refractivity contribution < 1.29 is 0 Å². The summed E-state index contributed by atoms with van der Waals surface area (Å²) in [5, 5.41) is 9.17. The molecule has 2 aromatic carbocycles. The van der Waals surface area contributed by atoms with E-state index in [0.717, 1.165) is 22.4 Å². The topological polar surface area (TPSA) is 61.1 Å². The minimum absolute atomic E-state index is 0.603. The molecule has 104 valence electrons. The highest BCUT2D eigenvalue weighted by molar-refractivity contribution is 6.33. The number of fused-ring (bicyclic) bond motifs is 3. The van der Waals surface area contributed by atoms with Gasteiger partial charge in [-0.3, -0.25) is 4.40 Å². The fraction of sp³-hybridized carbons (Fsp3) is 0.0667. The Morgan fingerprint density at radius 1 is 1.05 bits per heavy atom. The molecule has 6 heteroatoms. The Hall–Kier alpha value is -2.53. The van der Waals surface area contributed by atoms with Crippen LogP contribution in [0.5, 0.6) is 0 Å². The molecule has 0 aliphatic carbocycles. The van der Waals surface area contributed by atoms with Crippen LogP contribution in [-0.4, -0.2) is 19.2 Å². The molecule has 0 aliphatic rings. The summed E-state index contributed by atoms with van der Waals surface area (Å²) in [4.78, 5) is 0. The average Bonchev–Trinajstić information content (AvgIpc) is 3.03. The highest BCUT2D eigenvalue weighted by Crippen LogP contribution is 2.31. The molecule has 0 radical (unpaired) electrons. The van der Waals surface area contributed by atoms with E-state index in [0.29, 0.717) is 16.5 Å². The number of halogens is 1. The number of imidazole rings is 1. The van der Waals surface area contributed by atoms with Gasteiger partial charge in [-0.25, -0.2) is 0 Å². The number of hydrogen-bond acceptors (Lipinski definition) is 3. The van der Waals surface area contributed by atoms with Crippen molar-refractivity contribution in [2.45, 2.75) is 0 Å². The molecule has 4 rings (SSSR count). The third-order valence-corrected chi connectivity index (χ3v) is 3.99. The average molecular weight is 298 g/mol. The Bertz CT molecular complexity index is 982. The Kier molecular flexibility index (Phi) is 2.46. The molecule has 2 N–H and O–H groups in total. The molecule has 2 aromatic heterocycles. The van der Waals surface area contributed by atoms with Gasteiger partial charge < -0.3 is 10.3 Å². The second-order valence-electron chi connectivity index (χ2n) is 4.95. The van der Waals surface area contributed by atoms with Crippen molar-refractivity contribution in [1.82, 2.24) is 19.2 Å². The van der Waals surface area contributed by atoms with Gasteiger partial charge in [0.15, 0.2) is 5.82 Å². The summed E-state index contributed by atoms with van der Waals surface area (Å²) in [5.74, 6) is 1.46. The maximum atomic E-state index is 6.30. The molecule has 0 unspecified atom stereocenters. The Morgan fingerprint density at radius 2 is 1.81 bits per heavy atom. The molecule has 0 atom stereocenters. The van der Waals surface area contributed by atoms with Gasteiger partial charge in [-0.2, -0.15) is 0 Å². The van der Waals surface area contributed by atoms with Crippen LogP contribution in [0.1, 0.15) is 0 Å². The van der Waals surface area contributed by atoms with Gasteiger partial charge in [-0.05, 0) is 30.3 Å². The van der Waals surface area contributed by atoms with Gasteiger partial charge in [0.05, 0.1) is 16.1 Å². The van der Waals surface area contributed by atoms with Crippen molar-refractivity contribution in [3.63, 3.8) is 0 Å². The minimum atomic E-state index is 0.603. The van der Waals surface area contributed by atoms with Crippen LogP contribution in [0.15, 0.2) is 42.5 Å². The van der Waals surface area contributed by atoms with E-state index in [9.17, 15) is 0 Å². The fourth-order valence-electron chi connectivity index (χ4n) is 2.65. The molecule has 4 aromatic rings. The van der Waals surface area contributed by atoms with Crippen LogP contribution in [0.4, 0.5) is 5.69 Å². The zero-order valence-corrected chi connectivity index (χ0v) is 12.0. The van der Waals surface area contributed by atoms with E-state index in [-0.39, 0.29) is 0 Å². The van der Waals surface area contributed by atoms with Crippen LogP contribution in [0, 0.1) is 0 Å². The van der Waals surface area contributed by atoms with Crippen LogP contribution < -0.4 is 5.73 Å². The van der Waals surface area contributed by atoms with Crippen molar-refractivity contribution in [2.75, 3.05) is 5.73 Å². The molecule has 0 saturated carbocycles. The van der Waals surface area contributed by atoms with Crippen molar-refractivity contribution >= 4 is 34.1 Å². The molecular weight excluding hydrogens is 286 g/mol. The summed E-state index contributed by atoms with van der Waals surface area (Å²) in [6, 6.07) is 13.4. The standard InChI is InChI=1S/C15H12ClN5/c1-20-12-4-2-3-5-13(12)21-14(18-19-15(20)21)10-8-9(17)6-7-11(10)16/h2-8H,17H2,1H3. The summed E-state index contributed by atoms with van der Waals surface area (Å²) < 4.78 is 4.00. The monoisotopic (exact) mass is 297 g/mol. The largest absolute Gasteiger partial charge is 0.399 e. The quantitative estimate of drug-likeness (QED) is 0.549. The van der Waals surface area contributed by atoms with Crippen molar-refractivity contribution in [1.29, 1.82) is 0 Å².